The first-order valence-corrected chi connectivity index (χ1v) is 6.58. The number of hydrogen-bond acceptors (Lipinski definition) is 4. The SMILES string of the molecule is Cc1cccc(CNC(=O)c2n[nH]c3ccc(N)cc23)n1. The van der Waals surface area contributed by atoms with Crippen molar-refractivity contribution in [2.75, 3.05) is 5.73 Å². The average Bonchev–Trinajstić information content (AvgIpc) is 2.88. The van der Waals surface area contributed by atoms with Crippen molar-refractivity contribution in [3.63, 3.8) is 0 Å². The summed E-state index contributed by atoms with van der Waals surface area (Å²) < 4.78 is 0. The van der Waals surface area contributed by atoms with Crippen molar-refractivity contribution in [2.24, 2.45) is 0 Å². The first-order valence-electron chi connectivity index (χ1n) is 6.58. The van der Waals surface area contributed by atoms with E-state index in [2.05, 4.69) is 20.5 Å². The van der Waals surface area contributed by atoms with Crippen molar-refractivity contribution < 1.29 is 4.79 Å². The van der Waals surface area contributed by atoms with Crippen LogP contribution in [0, 0.1) is 6.92 Å². The molecule has 6 nitrogen and oxygen atoms in total. The van der Waals surface area contributed by atoms with E-state index in [1.807, 2.05) is 25.1 Å². The summed E-state index contributed by atoms with van der Waals surface area (Å²) in [4.78, 5) is 16.6. The van der Waals surface area contributed by atoms with Crippen molar-refractivity contribution in [3.8, 4) is 0 Å². The Morgan fingerprint density at radius 2 is 2.19 bits per heavy atom. The third-order valence-electron chi connectivity index (χ3n) is 3.18. The van der Waals surface area contributed by atoms with Crippen molar-refractivity contribution >= 4 is 22.5 Å². The molecule has 2 heterocycles. The first-order chi connectivity index (χ1) is 10.1. The molecule has 1 aromatic carbocycles. The Balaban J connectivity index is 1.79. The van der Waals surface area contributed by atoms with E-state index in [1.165, 1.54) is 0 Å². The van der Waals surface area contributed by atoms with Gasteiger partial charge in [-0.15, -0.1) is 0 Å². The molecule has 0 saturated carbocycles. The number of carbonyl (C=O) groups is 1. The number of benzene rings is 1. The average molecular weight is 281 g/mol. The summed E-state index contributed by atoms with van der Waals surface area (Å²) in [6.45, 7) is 2.27. The van der Waals surface area contributed by atoms with Crippen LogP contribution in [0.15, 0.2) is 36.4 Å². The summed E-state index contributed by atoms with van der Waals surface area (Å²) >= 11 is 0. The van der Waals surface area contributed by atoms with Crippen LogP contribution in [0.3, 0.4) is 0 Å². The lowest BCUT2D eigenvalue weighted by Crippen LogP contribution is -2.24. The number of nitrogen functional groups attached to an aromatic ring is 1. The summed E-state index contributed by atoms with van der Waals surface area (Å²) in [5.74, 6) is -0.254. The van der Waals surface area contributed by atoms with Crippen LogP contribution in [0.1, 0.15) is 21.9 Å². The molecule has 0 radical (unpaired) electrons. The molecule has 4 N–H and O–H groups in total. The number of carbonyl (C=O) groups excluding carboxylic acids is 1. The van der Waals surface area contributed by atoms with Crippen LogP contribution in [0.2, 0.25) is 0 Å². The molecular formula is C15H15N5O. The van der Waals surface area contributed by atoms with Gasteiger partial charge in [-0.3, -0.25) is 14.9 Å². The number of nitrogens with two attached hydrogens (primary N) is 1. The molecule has 0 bridgehead atoms. The van der Waals surface area contributed by atoms with Gasteiger partial charge < -0.3 is 11.1 Å². The molecule has 3 aromatic rings. The highest BCUT2D eigenvalue weighted by Crippen LogP contribution is 2.18. The fourth-order valence-electron chi connectivity index (χ4n) is 2.16. The van der Waals surface area contributed by atoms with Crippen LogP contribution in [0.5, 0.6) is 0 Å². The zero-order valence-corrected chi connectivity index (χ0v) is 11.6. The quantitative estimate of drug-likeness (QED) is 0.637. The monoisotopic (exact) mass is 281 g/mol. The summed E-state index contributed by atoms with van der Waals surface area (Å²) in [7, 11) is 0. The molecule has 106 valence electrons. The predicted octanol–water partition coefficient (Wildman–Crippen LogP) is 1.78. The minimum absolute atomic E-state index is 0.254. The summed E-state index contributed by atoms with van der Waals surface area (Å²) in [6.07, 6.45) is 0. The largest absolute Gasteiger partial charge is 0.399 e. The zero-order chi connectivity index (χ0) is 14.8. The summed E-state index contributed by atoms with van der Waals surface area (Å²) in [6, 6.07) is 11.0. The van der Waals surface area contributed by atoms with Gasteiger partial charge in [0.05, 0.1) is 17.8 Å². The molecule has 0 aliphatic rings. The number of rotatable bonds is 3. The van der Waals surface area contributed by atoms with Crippen LogP contribution in [-0.2, 0) is 6.54 Å². The third-order valence-corrected chi connectivity index (χ3v) is 3.18. The van der Waals surface area contributed by atoms with Gasteiger partial charge in [-0.05, 0) is 37.3 Å². The third kappa shape index (κ3) is 2.69. The van der Waals surface area contributed by atoms with Gasteiger partial charge in [-0.2, -0.15) is 5.10 Å². The number of amides is 1. The Morgan fingerprint density at radius 1 is 1.33 bits per heavy atom. The molecule has 3 rings (SSSR count). The molecule has 0 fully saturated rings. The van der Waals surface area contributed by atoms with Crippen LogP contribution < -0.4 is 11.1 Å². The van der Waals surface area contributed by atoms with Crippen LogP contribution in [0.25, 0.3) is 10.9 Å². The van der Waals surface area contributed by atoms with Crippen LogP contribution in [-0.4, -0.2) is 21.1 Å². The molecule has 21 heavy (non-hydrogen) atoms. The second-order valence-electron chi connectivity index (χ2n) is 4.83. The molecule has 1 amide bonds. The van der Waals surface area contributed by atoms with E-state index in [0.29, 0.717) is 23.3 Å². The molecule has 2 aromatic heterocycles. The van der Waals surface area contributed by atoms with Gasteiger partial charge in [0, 0.05) is 16.8 Å². The van der Waals surface area contributed by atoms with Gasteiger partial charge in [-0.25, -0.2) is 0 Å². The minimum atomic E-state index is -0.254. The molecule has 0 saturated heterocycles. The maximum absolute atomic E-state index is 12.2. The zero-order valence-electron chi connectivity index (χ0n) is 11.6. The molecule has 0 atom stereocenters. The van der Waals surface area contributed by atoms with Crippen molar-refractivity contribution in [3.05, 3.63) is 53.5 Å². The molecule has 0 spiro atoms. The van der Waals surface area contributed by atoms with Gasteiger partial charge in [0.1, 0.15) is 0 Å². The lowest BCUT2D eigenvalue weighted by molar-refractivity contribution is 0.0947. The first kappa shape index (κ1) is 13.1. The Kier molecular flexibility index (Phi) is 3.27. The Labute approximate surface area is 121 Å². The second-order valence-corrected chi connectivity index (χ2v) is 4.83. The number of nitrogens with zero attached hydrogens (tertiary/aromatic N) is 2. The second kappa shape index (κ2) is 5.24. The van der Waals surface area contributed by atoms with Crippen molar-refractivity contribution in [1.29, 1.82) is 0 Å². The van der Waals surface area contributed by atoms with Gasteiger partial charge in [0.15, 0.2) is 5.69 Å². The highest BCUT2D eigenvalue weighted by Gasteiger charge is 2.14. The number of nitrogens with one attached hydrogen (secondary N) is 2. The van der Waals surface area contributed by atoms with E-state index >= 15 is 0 Å². The Bertz CT molecular complexity index is 809. The normalized spacial score (nSPS) is 10.7. The van der Waals surface area contributed by atoms with Gasteiger partial charge in [0.2, 0.25) is 0 Å². The van der Waals surface area contributed by atoms with Gasteiger partial charge >= 0.3 is 0 Å². The topological polar surface area (TPSA) is 96.7 Å². The number of fused-ring (bicyclic) bond motifs is 1. The Hall–Kier alpha value is -2.89. The van der Waals surface area contributed by atoms with E-state index < -0.39 is 0 Å². The summed E-state index contributed by atoms with van der Waals surface area (Å²) in [5, 5.41) is 10.4. The van der Waals surface area contributed by atoms with Gasteiger partial charge in [0.25, 0.3) is 5.91 Å². The van der Waals surface area contributed by atoms with E-state index in [1.54, 1.807) is 18.2 Å². The highest BCUT2D eigenvalue weighted by atomic mass is 16.1. The lowest BCUT2D eigenvalue weighted by atomic mass is 10.2. The number of anilines is 1. The number of aromatic nitrogens is 3. The minimum Gasteiger partial charge on any atom is -0.399 e. The number of aromatic amines is 1. The van der Waals surface area contributed by atoms with Crippen LogP contribution >= 0.6 is 0 Å². The number of pyridine rings is 1. The van der Waals surface area contributed by atoms with E-state index in [0.717, 1.165) is 16.9 Å². The van der Waals surface area contributed by atoms with E-state index in [9.17, 15) is 4.79 Å². The lowest BCUT2D eigenvalue weighted by Gasteiger charge is -2.04. The summed E-state index contributed by atoms with van der Waals surface area (Å²) in [5.41, 5.74) is 9.19. The highest BCUT2D eigenvalue weighted by molar-refractivity contribution is 6.05. The van der Waals surface area contributed by atoms with E-state index in [4.69, 9.17) is 5.73 Å². The van der Waals surface area contributed by atoms with E-state index in [-0.39, 0.29) is 5.91 Å². The standard InChI is InChI=1S/C15H15N5O/c1-9-3-2-4-11(18-9)8-17-15(21)14-12-7-10(16)5-6-13(12)19-20-14/h2-7H,8,16H2,1H3,(H,17,21)(H,19,20). The molecular weight excluding hydrogens is 266 g/mol. The Morgan fingerprint density at radius 3 is 3.00 bits per heavy atom. The fourth-order valence-corrected chi connectivity index (χ4v) is 2.16. The maximum atomic E-state index is 12.2. The number of hydrogen-bond donors (Lipinski definition) is 3. The predicted molar refractivity (Wildman–Crippen MR) is 80.7 cm³/mol. The smallest absolute Gasteiger partial charge is 0.272 e. The van der Waals surface area contributed by atoms with Crippen molar-refractivity contribution in [1.82, 2.24) is 20.5 Å². The number of H-pyrrole nitrogens is 1. The van der Waals surface area contributed by atoms with Gasteiger partial charge in [-0.1, -0.05) is 6.07 Å². The molecule has 0 unspecified atom stereocenters. The van der Waals surface area contributed by atoms with Crippen molar-refractivity contribution in [2.45, 2.75) is 13.5 Å². The van der Waals surface area contributed by atoms with Crippen LogP contribution in [0.4, 0.5) is 5.69 Å². The molecule has 0 aliphatic heterocycles. The fraction of sp³-hybridized carbons (Fsp3) is 0.133. The maximum Gasteiger partial charge on any atom is 0.272 e. The molecule has 6 heteroatoms. The molecule has 0 aliphatic carbocycles. The number of aryl methyl sites for hydroxylation is 1.